The summed E-state index contributed by atoms with van der Waals surface area (Å²) in [5, 5.41) is 0.332. The standard InChI is InChI=1S/C22H33ClN2O4Si/c1-20(2,3)28-16(26)13-25-17-15(9-10-24-18(17)23)22(19(25)27)11-14(12-22)29-30(7,8)21(4,5)6/h9-10,14H,11-13H2,1-8H3. The lowest BCUT2D eigenvalue weighted by atomic mass is 9.63. The molecular weight excluding hydrogens is 420 g/mol. The number of hydrogen-bond donors (Lipinski definition) is 0. The van der Waals surface area contributed by atoms with Gasteiger partial charge in [-0.2, -0.15) is 0 Å². The molecule has 1 amide bonds. The van der Waals surface area contributed by atoms with Gasteiger partial charge in [0.25, 0.3) is 0 Å². The maximum Gasteiger partial charge on any atom is 0.326 e. The molecule has 1 fully saturated rings. The number of fused-ring (bicyclic) bond motifs is 2. The van der Waals surface area contributed by atoms with E-state index in [0.29, 0.717) is 18.5 Å². The first-order valence-corrected chi connectivity index (χ1v) is 13.7. The first-order valence-electron chi connectivity index (χ1n) is 10.4. The molecule has 0 bridgehead atoms. The van der Waals surface area contributed by atoms with Crippen molar-refractivity contribution in [3.8, 4) is 0 Å². The van der Waals surface area contributed by atoms with Crippen molar-refractivity contribution >= 4 is 37.5 Å². The molecule has 1 spiro atoms. The number of ether oxygens (including phenoxy) is 1. The summed E-state index contributed by atoms with van der Waals surface area (Å²) in [4.78, 5) is 31.6. The number of esters is 1. The fourth-order valence-corrected chi connectivity index (χ4v) is 5.60. The van der Waals surface area contributed by atoms with Gasteiger partial charge in [-0.3, -0.25) is 14.5 Å². The summed E-state index contributed by atoms with van der Waals surface area (Å²) in [5.41, 5.74) is 0.0428. The molecule has 6 nitrogen and oxygen atoms in total. The smallest absolute Gasteiger partial charge is 0.326 e. The van der Waals surface area contributed by atoms with Gasteiger partial charge in [0.05, 0.1) is 11.1 Å². The third-order valence-corrected chi connectivity index (χ3v) is 11.3. The fraction of sp³-hybridized carbons (Fsp3) is 0.682. The third kappa shape index (κ3) is 4.04. The van der Waals surface area contributed by atoms with Crippen LogP contribution in [-0.4, -0.2) is 43.4 Å². The van der Waals surface area contributed by atoms with E-state index in [1.165, 1.54) is 4.90 Å². The number of anilines is 1. The van der Waals surface area contributed by atoms with E-state index in [0.717, 1.165) is 5.56 Å². The minimum atomic E-state index is -1.94. The van der Waals surface area contributed by atoms with Crippen LogP contribution < -0.4 is 4.90 Å². The Labute approximate surface area is 185 Å². The molecule has 1 aromatic rings. The molecule has 2 aliphatic rings. The molecule has 0 radical (unpaired) electrons. The highest BCUT2D eigenvalue weighted by atomic mass is 35.5. The Morgan fingerprint density at radius 3 is 2.40 bits per heavy atom. The summed E-state index contributed by atoms with van der Waals surface area (Å²) < 4.78 is 12.0. The van der Waals surface area contributed by atoms with Crippen molar-refractivity contribution in [3.05, 3.63) is 23.0 Å². The lowest BCUT2D eigenvalue weighted by molar-refractivity contribution is -0.154. The monoisotopic (exact) mass is 452 g/mol. The average molecular weight is 453 g/mol. The van der Waals surface area contributed by atoms with Crippen molar-refractivity contribution in [1.82, 2.24) is 4.98 Å². The number of rotatable bonds is 4. The van der Waals surface area contributed by atoms with E-state index < -0.39 is 25.3 Å². The Morgan fingerprint density at radius 2 is 1.87 bits per heavy atom. The Kier molecular flexibility index (Phi) is 5.66. The zero-order chi connectivity index (χ0) is 22.7. The topological polar surface area (TPSA) is 68.7 Å². The van der Waals surface area contributed by atoms with Crippen LogP contribution in [0.4, 0.5) is 5.69 Å². The highest BCUT2D eigenvalue weighted by molar-refractivity contribution is 6.74. The van der Waals surface area contributed by atoms with Crippen LogP contribution in [0, 0.1) is 0 Å². The second-order valence-electron chi connectivity index (χ2n) is 11.0. The molecule has 0 N–H and O–H groups in total. The maximum absolute atomic E-state index is 13.5. The van der Waals surface area contributed by atoms with Crippen LogP contribution in [0.25, 0.3) is 0 Å². The van der Waals surface area contributed by atoms with Crippen molar-refractivity contribution in [3.63, 3.8) is 0 Å². The Hall–Kier alpha value is -1.44. The van der Waals surface area contributed by atoms with Crippen LogP contribution in [0.1, 0.15) is 59.9 Å². The number of pyridine rings is 1. The first kappa shape index (κ1) is 23.2. The Morgan fingerprint density at radius 1 is 1.27 bits per heavy atom. The Bertz CT molecular complexity index is 867. The first-order chi connectivity index (χ1) is 13.6. The highest BCUT2D eigenvalue weighted by Crippen LogP contribution is 2.56. The summed E-state index contributed by atoms with van der Waals surface area (Å²) in [5.74, 6) is -0.583. The van der Waals surface area contributed by atoms with Crippen molar-refractivity contribution in [2.75, 3.05) is 11.4 Å². The number of hydrogen-bond acceptors (Lipinski definition) is 5. The molecular formula is C22H33ClN2O4Si. The van der Waals surface area contributed by atoms with Crippen molar-refractivity contribution in [2.24, 2.45) is 0 Å². The molecule has 1 saturated carbocycles. The van der Waals surface area contributed by atoms with Crippen molar-refractivity contribution in [2.45, 2.75) is 89.6 Å². The molecule has 1 aliphatic heterocycles. The molecule has 2 heterocycles. The van der Waals surface area contributed by atoms with Crippen LogP contribution in [0.3, 0.4) is 0 Å². The summed E-state index contributed by atoms with van der Waals surface area (Å²) in [7, 11) is -1.94. The van der Waals surface area contributed by atoms with Gasteiger partial charge in [-0.05, 0) is 63.4 Å². The van der Waals surface area contributed by atoms with E-state index in [9.17, 15) is 9.59 Å². The summed E-state index contributed by atoms with van der Waals surface area (Å²) in [6.07, 6.45) is 2.83. The van der Waals surface area contributed by atoms with Gasteiger partial charge in [0.2, 0.25) is 5.91 Å². The van der Waals surface area contributed by atoms with E-state index in [1.807, 2.05) is 6.07 Å². The largest absolute Gasteiger partial charge is 0.459 e. The molecule has 0 atom stereocenters. The van der Waals surface area contributed by atoms with Gasteiger partial charge in [-0.1, -0.05) is 32.4 Å². The molecule has 0 unspecified atom stereocenters. The van der Waals surface area contributed by atoms with Gasteiger partial charge < -0.3 is 9.16 Å². The number of aromatic nitrogens is 1. The van der Waals surface area contributed by atoms with E-state index in [-0.39, 0.29) is 28.7 Å². The minimum absolute atomic E-state index is 0.0242. The lowest BCUT2D eigenvalue weighted by Crippen LogP contribution is -2.57. The number of halogens is 1. The third-order valence-electron chi connectivity index (χ3n) is 6.45. The SMILES string of the molecule is CC(C)(C)OC(=O)CN1C(=O)C2(CC(O[Si](C)(C)C(C)(C)C)C2)c2ccnc(Cl)c21. The van der Waals surface area contributed by atoms with Gasteiger partial charge in [-0.25, -0.2) is 4.98 Å². The maximum atomic E-state index is 13.5. The zero-order valence-corrected chi connectivity index (χ0v) is 21.0. The number of nitrogens with zero attached hydrogens (tertiary/aromatic N) is 2. The van der Waals surface area contributed by atoms with Gasteiger partial charge in [0.1, 0.15) is 12.1 Å². The molecule has 30 heavy (non-hydrogen) atoms. The normalized spacial score (nSPS) is 24.1. The van der Waals surface area contributed by atoms with Crippen LogP contribution in [0.5, 0.6) is 0 Å². The van der Waals surface area contributed by atoms with Gasteiger partial charge in [0.15, 0.2) is 13.5 Å². The summed E-state index contributed by atoms with van der Waals surface area (Å²) in [6, 6.07) is 1.84. The predicted octanol–water partition coefficient (Wildman–Crippen LogP) is 4.85. The second-order valence-corrected chi connectivity index (χ2v) is 16.1. The van der Waals surface area contributed by atoms with Crippen LogP contribution in [-0.2, 0) is 24.2 Å². The molecule has 8 heteroatoms. The van der Waals surface area contributed by atoms with Crippen LogP contribution in [0.15, 0.2) is 12.3 Å². The highest BCUT2D eigenvalue weighted by Gasteiger charge is 2.61. The lowest BCUT2D eigenvalue weighted by Gasteiger charge is -2.49. The summed E-state index contributed by atoms with van der Waals surface area (Å²) >= 11 is 6.38. The quantitative estimate of drug-likeness (QED) is 0.371. The van der Waals surface area contributed by atoms with E-state index in [1.54, 1.807) is 27.0 Å². The van der Waals surface area contributed by atoms with Crippen molar-refractivity contribution in [1.29, 1.82) is 0 Å². The second kappa shape index (κ2) is 7.31. The molecule has 0 saturated heterocycles. The van der Waals surface area contributed by atoms with Gasteiger partial charge in [0, 0.05) is 12.3 Å². The molecule has 0 aromatic carbocycles. The fourth-order valence-electron chi connectivity index (χ4n) is 3.99. The van der Waals surface area contributed by atoms with Crippen molar-refractivity contribution < 1.29 is 18.8 Å². The van der Waals surface area contributed by atoms with Crippen LogP contribution >= 0.6 is 11.6 Å². The predicted molar refractivity (Wildman–Crippen MR) is 120 cm³/mol. The molecule has 166 valence electrons. The number of carbonyl (C=O) groups is 2. The molecule has 1 aromatic heterocycles. The number of carbonyl (C=O) groups excluding carboxylic acids is 2. The van der Waals surface area contributed by atoms with E-state index in [4.69, 9.17) is 20.8 Å². The zero-order valence-electron chi connectivity index (χ0n) is 19.3. The van der Waals surface area contributed by atoms with E-state index in [2.05, 4.69) is 38.8 Å². The summed E-state index contributed by atoms with van der Waals surface area (Å²) in [6.45, 7) is 16.3. The van der Waals surface area contributed by atoms with Gasteiger partial charge in [-0.15, -0.1) is 0 Å². The minimum Gasteiger partial charge on any atom is -0.459 e. The molecule has 3 rings (SSSR count). The molecule has 1 aliphatic carbocycles. The Balaban J connectivity index is 1.84. The van der Waals surface area contributed by atoms with Crippen LogP contribution in [0.2, 0.25) is 23.3 Å². The average Bonchev–Trinajstić information content (AvgIpc) is 2.75. The van der Waals surface area contributed by atoms with Gasteiger partial charge >= 0.3 is 5.97 Å². The number of amides is 1. The van der Waals surface area contributed by atoms with E-state index >= 15 is 0 Å².